The Kier molecular flexibility index (Phi) is 4.74. The van der Waals surface area contributed by atoms with Gasteiger partial charge in [0.2, 0.25) is 0 Å². The highest BCUT2D eigenvalue weighted by Crippen LogP contribution is 2.24. The van der Waals surface area contributed by atoms with E-state index in [4.69, 9.17) is 5.11 Å². The van der Waals surface area contributed by atoms with Gasteiger partial charge in [-0.3, -0.25) is 0 Å². The number of carboxylic acids is 1. The van der Waals surface area contributed by atoms with E-state index in [0.717, 1.165) is 30.7 Å². The molecule has 2 rings (SSSR count). The molecule has 0 spiro atoms. The zero-order valence-corrected chi connectivity index (χ0v) is 11.1. The Morgan fingerprint density at radius 3 is 2.83 bits per heavy atom. The summed E-state index contributed by atoms with van der Waals surface area (Å²) in [7, 11) is 0. The fourth-order valence-electron chi connectivity index (χ4n) is 2.39. The summed E-state index contributed by atoms with van der Waals surface area (Å²) in [5.74, 6) is -0.522. The number of carbonyl (C=O) groups is 1. The Labute approximate surface area is 111 Å². The molecule has 1 aliphatic carbocycles. The van der Waals surface area contributed by atoms with E-state index in [1.807, 2.05) is 6.07 Å². The molecular formula is C13H19NO3S. The van der Waals surface area contributed by atoms with Gasteiger partial charge in [-0.05, 0) is 30.9 Å². The molecule has 0 bridgehead atoms. The van der Waals surface area contributed by atoms with Crippen LogP contribution in [0.15, 0.2) is 12.1 Å². The highest BCUT2D eigenvalue weighted by molar-refractivity contribution is 7.13. The fourth-order valence-corrected chi connectivity index (χ4v) is 3.21. The molecule has 2 atom stereocenters. The lowest BCUT2D eigenvalue weighted by Crippen LogP contribution is -2.33. The molecule has 0 saturated heterocycles. The molecule has 1 aliphatic rings. The van der Waals surface area contributed by atoms with Crippen molar-refractivity contribution in [3.8, 4) is 0 Å². The first-order valence-corrected chi connectivity index (χ1v) is 7.19. The molecule has 5 heteroatoms. The molecule has 0 amide bonds. The molecule has 0 aromatic carbocycles. The van der Waals surface area contributed by atoms with Crippen LogP contribution in [0.3, 0.4) is 0 Å². The van der Waals surface area contributed by atoms with Gasteiger partial charge in [-0.2, -0.15) is 0 Å². The second kappa shape index (κ2) is 6.31. The van der Waals surface area contributed by atoms with Gasteiger partial charge in [0.25, 0.3) is 0 Å². The van der Waals surface area contributed by atoms with Gasteiger partial charge in [0.15, 0.2) is 0 Å². The lowest BCUT2D eigenvalue weighted by atomic mass is 9.86. The standard InChI is InChI=1S/C13H19NO3S/c15-11-4-2-1-3-9(11)7-14-8-10-5-6-12(18-10)13(16)17/h5-6,9,11,14-15H,1-4,7-8H2,(H,16,17). The lowest BCUT2D eigenvalue weighted by Gasteiger charge is -2.27. The Balaban J connectivity index is 1.75. The van der Waals surface area contributed by atoms with Crippen molar-refractivity contribution in [3.63, 3.8) is 0 Å². The third-order valence-electron chi connectivity index (χ3n) is 3.45. The summed E-state index contributed by atoms with van der Waals surface area (Å²) in [6.07, 6.45) is 4.15. The Hall–Kier alpha value is -0.910. The van der Waals surface area contributed by atoms with Crippen LogP contribution in [0.2, 0.25) is 0 Å². The molecule has 18 heavy (non-hydrogen) atoms. The minimum Gasteiger partial charge on any atom is -0.477 e. The van der Waals surface area contributed by atoms with Crippen LogP contribution in [-0.4, -0.2) is 28.8 Å². The van der Waals surface area contributed by atoms with E-state index in [-0.39, 0.29) is 6.10 Å². The predicted octanol–water partition coefficient (Wildman–Crippen LogP) is 2.09. The van der Waals surface area contributed by atoms with E-state index < -0.39 is 5.97 Å². The van der Waals surface area contributed by atoms with Crippen LogP contribution in [-0.2, 0) is 6.54 Å². The van der Waals surface area contributed by atoms with Crippen molar-refractivity contribution in [2.45, 2.75) is 38.3 Å². The Bertz CT molecular complexity index is 405. The number of hydrogen-bond donors (Lipinski definition) is 3. The van der Waals surface area contributed by atoms with E-state index in [2.05, 4.69) is 5.32 Å². The van der Waals surface area contributed by atoms with E-state index in [1.165, 1.54) is 17.8 Å². The van der Waals surface area contributed by atoms with E-state index >= 15 is 0 Å². The van der Waals surface area contributed by atoms with Gasteiger partial charge in [0.1, 0.15) is 4.88 Å². The first kappa shape index (κ1) is 13.5. The van der Waals surface area contributed by atoms with Gasteiger partial charge in [-0.1, -0.05) is 12.8 Å². The van der Waals surface area contributed by atoms with E-state index in [0.29, 0.717) is 17.3 Å². The molecule has 1 heterocycles. The minimum atomic E-state index is -0.867. The lowest BCUT2D eigenvalue weighted by molar-refractivity contribution is 0.0693. The van der Waals surface area contributed by atoms with Crippen molar-refractivity contribution in [2.24, 2.45) is 5.92 Å². The third kappa shape index (κ3) is 3.54. The first-order valence-electron chi connectivity index (χ1n) is 6.37. The Morgan fingerprint density at radius 1 is 1.39 bits per heavy atom. The largest absolute Gasteiger partial charge is 0.477 e. The quantitative estimate of drug-likeness (QED) is 0.765. The number of hydrogen-bond acceptors (Lipinski definition) is 4. The van der Waals surface area contributed by atoms with Crippen LogP contribution in [0.25, 0.3) is 0 Å². The number of rotatable bonds is 5. The zero-order valence-electron chi connectivity index (χ0n) is 10.3. The molecule has 1 aromatic heterocycles. The number of thiophene rings is 1. The maximum atomic E-state index is 10.7. The van der Waals surface area contributed by atoms with E-state index in [9.17, 15) is 9.90 Å². The smallest absolute Gasteiger partial charge is 0.345 e. The third-order valence-corrected chi connectivity index (χ3v) is 4.52. The van der Waals surface area contributed by atoms with Crippen LogP contribution >= 0.6 is 11.3 Å². The summed E-state index contributed by atoms with van der Waals surface area (Å²) in [4.78, 5) is 12.1. The van der Waals surface area contributed by atoms with Crippen LogP contribution in [0.1, 0.15) is 40.2 Å². The topological polar surface area (TPSA) is 69.6 Å². The summed E-state index contributed by atoms with van der Waals surface area (Å²) in [6.45, 7) is 1.49. The van der Waals surface area contributed by atoms with Gasteiger partial charge in [0, 0.05) is 18.0 Å². The average molecular weight is 269 g/mol. The van der Waals surface area contributed by atoms with Crippen molar-refractivity contribution in [2.75, 3.05) is 6.54 Å². The van der Waals surface area contributed by atoms with Gasteiger partial charge < -0.3 is 15.5 Å². The van der Waals surface area contributed by atoms with Gasteiger partial charge in [-0.15, -0.1) is 11.3 Å². The number of carboxylic acid groups (broad SMARTS) is 1. The fraction of sp³-hybridized carbons (Fsp3) is 0.615. The molecule has 3 N–H and O–H groups in total. The summed E-state index contributed by atoms with van der Waals surface area (Å²) < 4.78 is 0. The molecule has 1 saturated carbocycles. The molecule has 1 fully saturated rings. The first-order chi connectivity index (χ1) is 8.66. The van der Waals surface area contributed by atoms with E-state index in [1.54, 1.807) is 6.07 Å². The predicted molar refractivity (Wildman–Crippen MR) is 70.9 cm³/mol. The van der Waals surface area contributed by atoms with Crippen molar-refractivity contribution < 1.29 is 15.0 Å². The van der Waals surface area contributed by atoms with Crippen LogP contribution in [0.4, 0.5) is 0 Å². The van der Waals surface area contributed by atoms with Crippen molar-refractivity contribution in [1.82, 2.24) is 5.32 Å². The van der Waals surface area contributed by atoms with Crippen LogP contribution < -0.4 is 5.32 Å². The molecule has 0 radical (unpaired) electrons. The Morgan fingerprint density at radius 2 is 2.17 bits per heavy atom. The van der Waals surface area contributed by atoms with Crippen molar-refractivity contribution in [3.05, 3.63) is 21.9 Å². The maximum Gasteiger partial charge on any atom is 0.345 e. The average Bonchev–Trinajstić information content (AvgIpc) is 2.80. The molecule has 100 valence electrons. The number of aromatic carboxylic acids is 1. The van der Waals surface area contributed by atoms with Gasteiger partial charge in [-0.25, -0.2) is 4.79 Å². The molecule has 0 aliphatic heterocycles. The van der Waals surface area contributed by atoms with Crippen molar-refractivity contribution in [1.29, 1.82) is 0 Å². The van der Waals surface area contributed by atoms with Gasteiger partial charge >= 0.3 is 5.97 Å². The molecule has 4 nitrogen and oxygen atoms in total. The SMILES string of the molecule is O=C(O)c1ccc(CNCC2CCCCC2O)s1. The molecular weight excluding hydrogens is 250 g/mol. The summed E-state index contributed by atoms with van der Waals surface area (Å²) in [6, 6.07) is 3.48. The summed E-state index contributed by atoms with van der Waals surface area (Å²) in [5, 5.41) is 22.0. The normalized spacial score (nSPS) is 24.1. The number of aliphatic hydroxyl groups excluding tert-OH is 1. The summed E-state index contributed by atoms with van der Waals surface area (Å²) in [5.41, 5.74) is 0. The highest BCUT2D eigenvalue weighted by atomic mass is 32.1. The highest BCUT2D eigenvalue weighted by Gasteiger charge is 2.22. The van der Waals surface area contributed by atoms with Crippen molar-refractivity contribution >= 4 is 17.3 Å². The second-order valence-electron chi connectivity index (χ2n) is 4.81. The zero-order chi connectivity index (χ0) is 13.0. The molecule has 2 unspecified atom stereocenters. The van der Waals surface area contributed by atoms with Crippen LogP contribution in [0.5, 0.6) is 0 Å². The summed E-state index contributed by atoms with van der Waals surface area (Å²) >= 11 is 1.30. The monoisotopic (exact) mass is 269 g/mol. The molecule has 1 aromatic rings. The van der Waals surface area contributed by atoms with Gasteiger partial charge in [0.05, 0.1) is 6.10 Å². The number of nitrogens with one attached hydrogen (secondary N) is 1. The minimum absolute atomic E-state index is 0.177. The number of aliphatic hydroxyl groups is 1. The van der Waals surface area contributed by atoms with Crippen LogP contribution in [0, 0.1) is 5.92 Å². The second-order valence-corrected chi connectivity index (χ2v) is 5.98. The maximum absolute atomic E-state index is 10.7.